The monoisotopic (exact) mass is 213 g/mol. The number of rotatable bonds is 9. The maximum absolute atomic E-state index is 11.3. The lowest BCUT2D eigenvalue weighted by molar-refractivity contribution is -0.122. The molecule has 90 valence electrons. The van der Waals surface area contributed by atoms with Gasteiger partial charge in [-0.3, -0.25) is 4.79 Å². The van der Waals surface area contributed by atoms with Crippen molar-refractivity contribution in [2.45, 2.75) is 53.4 Å². The van der Waals surface area contributed by atoms with E-state index in [1.54, 1.807) is 0 Å². The quantitative estimate of drug-likeness (QED) is 0.597. The number of ketones is 1. The number of carbonyl (C=O) groups excluding carboxylic acids is 1. The lowest BCUT2D eigenvalue weighted by atomic mass is 10.0. The molecule has 0 aliphatic carbocycles. The summed E-state index contributed by atoms with van der Waals surface area (Å²) in [5.74, 6) is 1.35. The van der Waals surface area contributed by atoms with Gasteiger partial charge in [0.05, 0.1) is 0 Å². The molecule has 0 unspecified atom stereocenters. The Bertz CT molecular complexity index is 164. The largest absolute Gasteiger partial charge is 0.316 e. The van der Waals surface area contributed by atoms with E-state index in [2.05, 4.69) is 19.2 Å². The molecule has 0 amide bonds. The van der Waals surface area contributed by atoms with Crippen LogP contribution < -0.4 is 5.32 Å². The fraction of sp³-hybridized carbons (Fsp3) is 0.923. The Hall–Kier alpha value is -0.370. The van der Waals surface area contributed by atoms with Gasteiger partial charge < -0.3 is 5.32 Å². The SMILES string of the molecule is CC(C)CNCCCCCC(=O)C(C)C. The van der Waals surface area contributed by atoms with Gasteiger partial charge in [-0.1, -0.05) is 34.1 Å². The first-order chi connectivity index (χ1) is 7.04. The van der Waals surface area contributed by atoms with Crippen molar-refractivity contribution in [3.05, 3.63) is 0 Å². The number of nitrogens with one attached hydrogen (secondary N) is 1. The van der Waals surface area contributed by atoms with E-state index in [1.165, 1.54) is 12.8 Å². The normalized spacial score (nSPS) is 11.3. The van der Waals surface area contributed by atoms with E-state index >= 15 is 0 Å². The molecule has 0 aliphatic heterocycles. The van der Waals surface area contributed by atoms with Crippen LogP contribution in [0.25, 0.3) is 0 Å². The van der Waals surface area contributed by atoms with Crippen molar-refractivity contribution in [2.75, 3.05) is 13.1 Å². The molecule has 0 radical (unpaired) electrons. The summed E-state index contributed by atoms with van der Waals surface area (Å²) in [4.78, 5) is 11.3. The first-order valence-corrected chi connectivity index (χ1v) is 6.27. The number of hydrogen-bond acceptors (Lipinski definition) is 2. The highest BCUT2D eigenvalue weighted by molar-refractivity contribution is 5.80. The molecule has 0 atom stereocenters. The van der Waals surface area contributed by atoms with Crippen LogP contribution in [0.1, 0.15) is 53.4 Å². The molecule has 0 saturated carbocycles. The summed E-state index contributed by atoms with van der Waals surface area (Å²) in [6.45, 7) is 10.6. The van der Waals surface area contributed by atoms with Crippen LogP contribution in [0.4, 0.5) is 0 Å². The average Bonchev–Trinajstić information content (AvgIpc) is 2.15. The van der Waals surface area contributed by atoms with Gasteiger partial charge >= 0.3 is 0 Å². The molecule has 2 heteroatoms. The first-order valence-electron chi connectivity index (χ1n) is 6.27. The molecule has 0 saturated heterocycles. The maximum atomic E-state index is 11.3. The summed E-state index contributed by atoms with van der Waals surface area (Å²) in [6, 6.07) is 0. The number of unbranched alkanes of at least 4 members (excludes halogenated alkanes) is 2. The van der Waals surface area contributed by atoms with E-state index in [0.717, 1.165) is 31.8 Å². The van der Waals surface area contributed by atoms with E-state index < -0.39 is 0 Å². The lowest BCUT2D eigenvalue weighted by Crippen LogP contribution is -2.20. The molecule has 0 fully saturated rings. The zero-order valence-electron chi connectivity index (χ0n) is 10.8. The van der Waals surface area contributed by atoms with Crippen molar-refractivity contribution in [3.63, 3.8) is 0 Å². The highest BCUT2D eigenvalue weighted by atomic mass is 16.1. The molecule has 0 rings (SSSR count). The predicted molar refractivity (Wildman–Crippen MR) is 66.0 cm³/mol. The molecular weight excluding hydrogens is 186 g/mol. The van der Waals surface area contributed by atoms with Crippen LogP contribution in [0.15, 0.2) is 0 Å². The molecule has 0 aromatic rings. The molecular formula is C13H27NO. The summed E-state index contributed by atoms with van der Waals surface area (Å²) in [6.07, 6.45) is 4.18. The lowest BCUT2D eigenvalue weighted by Gasteiger charge is -2.07. The summed E-state index contributed by atoms with van der Waals surface area (Å²) < 4.78 is 0. The molecule has 0 aromatic carbocycles. The van der Waals surface area contributed by atoms with Gasteiger partial charge in [0.2, 0.25) is 0 Å². The van der Waals surface area contributed by atoms with Gasteiger partial charge in [-0.2, -0.15) is 0 Å². The van der Waals surface area contributed by atoms with Gasteiger partial charge in [-0.05, 0) is 31.8 Å². The summed E-state index contributed by atoms with van der Waals surface area (Å²) >= 11 is 0. The van der Waals surface area contributed by atoms with Gasteiger partial charge in [-0.25, -0.2) is 0 Å². The minimum Gasteiger partial charge on any atom is -0.316 e. The van der Waals surface area contributed by atoms with Gasteiger partial charge in [-0.15, -0.1) is 0 Å². The van der Waals surface area contributed by atoms with Crippen molar-refractivity contribution in [3.8, 4) is 0 Å². The Morgan fingerprint density at radius 2 is 1.73 bits per heavy atom. The third-order valence-corrected chi connectivity index (χ3v) is 2.47. The zero-order chi connectivity index (χ0) is 11.7. The minimum atomic E-state index is 0.212. The average molecular weight is 213 g/mol. The topological polar surface area (TPSA) is 29.1 Å². The molecule has 2 nitrogen and oxygen atoms in total. The van der Waals surface area contributed by atoms with E-state index in [-0.39, 0.29) is 5.92 Å². The molecule has 0 bridgehead atoms. The van der Waals surface area contributed by atoms with Crippen molar-refractivity contribution < 1.29 is 4.79 Å². The summed E-state index contributed by atoms with van der Waals surface area (Å²) in [5, 5.41) is 3.41. The van der Waals surface area contributed by atoms with Gasteiger partial charge in [0.15, 0.2) is 0 Å². The predicted octanol–water partition coefficient (Wildman–Crippen LogP) is 3.02. The minimum absolute atomic E-state index is 0.212. The second-order valence-electron chi connectivity index (χ2n) is 5.03. The van der Waals surface area contributed by atoms with E-state index in [4.69, 9.17) is 0 Å². The molecule has 0 heterocycles. The summed E-state index contributed by atoms with van der Waals surface area (Å²) in [5.41, 5.74) is 0. The Labute approximate surface area is 94.8 Å². The third kappa shape index (κ3) is 9.92. The van der Waals surface area contributed by atoms with E-state index in [1.807, 2.05) is 13.8 Å². The molecule has 0 aromatic heterocycles. The fourth-order valence-corrected chi connectivity index (χ4v) is 1.41. The zero-order valence-corrected chi connectivity index (χ0v) is 10.8. The van der Waals surface area contributed by atoms with Gasteiger partial charge in [0, 0.05) is 12.3 Å². The van der Waals surface area contributed by atoms with Crippen LogP contribution in [-0.2, 0) is 4.79 Å². The van der Waals surface area contributed by atoms with Gasteiger partial charge in [0.1, 0.15) is 5.78 Å². The number of hydrogen-bond donors (Lipinski definition) is 1. The Morgan fingerprint density at radius 3 is 2.27 bits per heavy atom. The number of Topliss-reactive ketones (excluding diaryl/α,β-unsaturated/α-hetero) is 1. The second-order valence-corrected chi connectivity index (χ2v) is 5.03. The van der Waals surface area contributed by atoms with Crippen molar-refractivity contribution in [1.82, 2.24) is 5.32 Å². The van der Waals surface area contributed by atoms with Crippen molar-refractivity contribution >= 4 is 5.78 Å². The van der Waals surface area contributed by atoms with Crippen LogP contribution >= 0.6 is 0 Å². The van der Waals surface area contributed by atoms with Gasteiger partial charge in [0.25, 0.3) is 0 Å². The maximum Gasteiger partial charge on any atom is 0.135 e. The highest BCUT2D eigenvalue weighted by Gasteiger charge is 2.05. The molecule has 0 aliphatic rings. The molecule has 1 N–H and O–H groups in total. The van der Waals surface area contributed by atoms with Crippen LogP contribution in [0.3, 0.4) is 0 Å². The highest BCUT2D eigenvalue weighted by Crippen LogP contribution is 2.05. The molecule has 0 spiro atoms. The van der Waals surface area contributed by atoms with E-state index in [0.29, 0.717) is 5.78 Å². The standard InChI is InChI=1S/C13H27NO/c1-11(2)10-14-9-7-5-6-8-13(15)12(3)4/h11-12,14H,5-10H2,1-4H3. The van der Waals surface area contributed by atoms with Crippen molar-refractivity contribution in [1.29, 1.82) is 0 Å². The third-order valence-electron chi connectivity index (χ3n) is 2.47. The Morgan fingerprint density at radius 1 is 1.07 bits per heavy atom. The summed E-state index contributed by atoms with van der Waals surface area (Å²) in [7, 11) is 0. The van der Waals surface area contributed by atoms with Crippen molar-refractivity contribution in [2.24, 2.45) is 11.8 Å². The van der Waals surface area contributed by atoms with E-state index in [9.17, 15) is 4.79 Å². The van der Waals surface area contributed by atoms with Crippen LogP contribution in [0.2, 0.25) is 0 Å². The van der Waals surface area contributed by atoms with Crippen LogP contribution in [-0.4, -0.2) is 18.9 Å². The number of carbonyl (C=O) groups is 1. The first kappa shape index (κ1) is 14.6. The second kappa shape index (κ2) is 8.90. The fourth-order valence-electron chi connectivity index (χ4n) is 1.41. The Kier molecular flexibility index (Phi) is 8.68. The smallest absolute Gasteiger partial charge is 0.135 e. The van der Waals surface area contributed by atoms with Crippen LogP contribution in [0, 0.1) is 11.8 Å². The van der Waals surface area contributed by atoms with Crippen LogP contribution in [0.5, 0.6) is 0 Å². The Balaban J connectivity index is 3.15. The molecule has 15 heavy (non-hydrogen) atoms.